The number of nitrogens with zero attached hydrogens (tertiary/aromatic N) is 2. The number of carbonyl (C=O) groups excluding carboxylic acids is 1. The predicted octanol–water partition coefficient (Wildman–Crippen LogP) is 4.55. The van der Waals surface area contributed by atoms with Crippen LogP contribution in [0.15, 0.2) is 18.2 Å². The minimum Gasteiger partial charge on any atom is -0.493 e. The van der Waals surface area contributed by atoms with Gasteiger partial charge in [0.2, 0.25) is 0 Å². The quantitative estimate of drug-likeness (QED) is 0.383. The highest BCUT2D eigenvalue weighted by Crippen LogP contribution is 2.46. The van der Waals surface area contributed by atoms with Crippen molar-refractivity contribution in [2.45, 2.75) is 70.8 Å². The van der Waals surface area contributed by atoms with E-state index in [4.69, 9.17) is 24.5 Å². The van der Waals surface area contributed by atoms with Crippen molar-refractivity contribution >= 4 is 17.8 Å². The first-order valence-electron chi connectivity index (χ1n) is 13.5. The van der Waals surface area contributed by atoms with E-state index in [1.165, 1.54) is 5.56 Å². The van der Waals surface area contributed by atoms with Gasteiger partial charge in [0.15, 0.2) is 0 Å². The lowest BCUT2D eigenvalue weighted by atomic mass is 9.69. The summed E-state index contributed by atoms with van der Waals surface area (Å²) >= 11 is 0. The van der Waals surface area contributed by atoms with Gasteiger partial charge in [-0.05, 0) is 77.5 Å². The molecule has 9 nitrogen and oxygen atoms in total. The molecule has 0 radical (unpaired) electrons. The summed E-state index contributed by atoms with van der Waals surface area (Å²) < 4.78 is 69.4. The Bertz CT molecular complexity index is 1010. The molecule has 15 heteroatoms. The van der Waals surface area contributed by atoms with Crippen molar-refractivity contribution in [2.24, 2.45) is 0 Å². The standard InChI is InChI=1S/C23H37N3O2.2C2HF3O2/c1-5-25(6-2)15-12-24-22(27)19-7-8-21-20(17-19)23(11-16-28-21)9-13-26(14-10-23)18(3)4;2*3-2(4,5)1(6)7/h7-8,17-18H,5-6,9-16H2,1-4H3,(H,24,27);2*(H,6,7). The van der Waals surface area contributed by atoms with Crippen LogP contribution in [0.3, 0.4) is 0 Å². The van der Waals surface area contributed by atoms with E-state index in [1.807, 2.05) is 12.1 Å². The van der Waals surface area contributed by atoms with E-state index in [2.05, 4.69) is 48.9 Å². The third kappa shape index (κ3) is 11.3. The number of carbonyl (C=O) groups is 3. The van der Waals surface area contributed by atoms with Gasteiger partial charge >= 0.3 is 24.3 Å². The van der Waals surface area contributed by atoms with Crippen LogP contribution in [0, 0.1) is 0 Å². The molecule has 1 fully saturated rings. The van der Waals surface area contributed by atoms with E-state index in [-0.39, 0.29) is 11.3 Å². The molecule has 2 heterocycles. The monoisotopic (exact) mass is 615 g/mol. The van der Waals surface area contributed by atoms with Gasteiger partial charge in [0.05, 0.1) is 6.61 Å². The van der Waals surface area contributed by atoms with E-state index in [0.717, 1.165) is 69.9 Å². The van der Waals surface area contributed by atoms with Crippen molar-refractivity contribution in [2.75, 3.05) is 45.9 Å². The second-order valence-electron chi connectivity index (χ2n) is 10.1. The van der Waals surface area contributed by atoms with E-state index in [9.17, 15) is 31.1 Å². The molecular formula is C27H39F6N3O6. The summed E-state index contributed by atoms with van der Waals surface area (Å²) in [5.41, 5.74) is 2.17. The highest BCUT2D eigenvalue weighted by molar-refractivity contribution is 5.94. The number of fused-ring (bicyclic) bond motifs is 2. The van der Waals surface area contributed by atoms with E-state index >= 15 is 0 Å². The number of aliphatic carboxylic acids is 2. The van der Waals surface area contributed by atoms with E-state index < -0.39 is 24.3 Å². The molecule has 0 aromatic heterocycles. The van der Waals surface area contributed by atoms with Gasteiger partial charge in [-0.1, -0.05) is 13.8 Å². The number of alkyl halides is 6. The minimum absolute atomic E-state index is 0.0234. The number of ether oxygens (including phenoxy) is 1. The molecule has 1 saturated heterocycles. The molecule has 1 amide bonds. The Hall–Kier alpha value is -3.07. The number of rotatable bonds is 7. The van der Waals surface area contributed by atoms with Crippen LogP contribution in [0.1, 0.15) is 62.9 Å². The molecule has 2 aliphatic rings. The number of nitrogens with one attached hydrogen (secondary N) is 1. The Morgan fingerprint density at radius 1 is 0.976 bits per heavy atom. The Morgan fingerprint density at radius 3 is 1.90 bits per heavy atom. The summed E-state index contributed by atoms with van der Waals surface area (Å²) in [6.45, 7) is 15.5. The van der Waals surface area contributed by atoms with Gasteiger partial charge in [0.1, 0.15) is 5.75 Å². The van der Waals surface area contributed by atoms with Gasteiger partial charge in [-0.25, -0.2) is 9.59 Å². The lowest BCUT2D eigenvalue weighted by Crippen LogP contribution is -2.47. The summed E-state index contributed by atoms with van der Waals surface area (Å²) in [6, 6.07) is 6.62. The minimum atomic E-state index is -5.08. The Labute approximate surface area is 240 Å². The van der Waals surface area contributed by atoms with Crippen LogP contribution in [0.4, 0.5) is 26.3 Å². The summed E-state index contributed by atoms with van der Waals surface area (Å²) in [4.78, 5) is 35.4. The summed E-state index contributed by atoms with van der Waals surface area (Å²) in [5, 5.41) is 17.3. The third-order valence-electron chi connectivity index (χ3n) is 7.23. The number of hydrogen-bond acceptors (Lipinski definition) is 6. The fourth-order valence-corrected chi connectivity index (χ4v) is 4.66. The van der Waals surface area contributed by atoms with Crippen LogP contribution in [0.5, 0.6) is 5.75 Å². The van der Waals surface area contributed by atoms with Crippen molar-refractivity contribution in [3.63, 3.8) is 0 Å². The predicted molar refractivity (Wildman–Crippen MR) is 142 cm³/mol. The Kier molecular flexibility index (Phi) is 14.0. The maximum Gasteiger partial charge on any atom is 0.490 e. The van der Waals surface area contributed by atoms with Crippen LogP contribution in [-0.4, -0.2) is 102 Å². The molecule has 1 aromatic carbocycles. The molecular weight excluding hydrogens is 576 g/mol. The topological polar surface area (TPSA) is 119 Å². The zero-order valence-corrected chi connectivity index (χ0v) is 24.1. The molecule has 0 atom stereocenters. The molecule has 1 spiro atoms. The SMILES string of the molecule is CCN(CC)CCNC(=O)c1ccc2c(c1)C1(CCO2)CCN(C(C)C)CC1.O=C(O)C(F)(F)F.O=C(O)C(F)(F)F. The molecule has 42 heavy (non-hydrogen) atoms. The first kappa shape index (κ1) is 37.0. The van der Waals surface area contributed by atoms with Crippen LogP contribution < -0.4 is 10.1 Å². The van der Waals surface area contributed by atoms with E-state index in [0.29, 0.717) is 12.6 Å². The van der Waals surface area contributed by atoms with Gasteiger partial charge in [0, 0.05) is 35.7 Å². The average molecular weight is 616 g/mol. The molecule has 0 aliphatic carbocycles. The number of hydrogen-bond donors (Lipinski definition) is 3. The number of benzene rings is 1. The van der Waals surface area contributed by atoms with Gasteiger partial charge in [-0.3, -0.25) is 4.79 Å². The van der Waals surface area contributed by atoms with Crippen molar-refractivity contribution in [3.8, 4) is 5.75 Å². The maximum absolute atomic E-state index is 12.7. The number of carboxylic acids is 2. The zero-order valence-electron chi connectivity index (χ0n) is 24.1. The van der Waals surface area contributed by atoms with Crippen LogP contribution in [0.2, 0.25) is 0 Å². The Balaban J connectivity index is 0.000000522. The molecule has 3 N–H and O–H groups in total. The molecule has 0 saturated carbocycles. The second-order valence-corrected chi connectivity index (χ2v) is 10.1. The van der Waals surface area contributed by atoms with Gasteiger partial charge < -0.3 is 30.1 Å². The van der Waals surface area contributed by atoms with Crippen molar-refractivity contribution < 1.29 is 55.7 Å². The van der Waals surface area contributed by atoms with Crippen molar-refractivity contribution in [1.29, 1.82) is 0 Å². The first-order valence-corrected chi connectivity index (χ1v) is 13.5. The van der Waals surface area contributed by atoms with E-state index in [1.54, 1.807) is 0 Å². The molecule has 2 aliphatic heterocycles. The summed E-state index contributed by atoms with van der Waals surface area (Å²) in [7, 11) is 0. The second kappa shape index (κ2) is 16.0. The number of halogens is 6. The van der Waals surface area contributed by atoms with Crippen molar-refractivity contribution in [3.05, 3.63) is 29.3 Å². The van der Waals surface area contributed by atoms with Crippen LogP contribution in [0.25, 0.3) is 0 Å². The lowest BCUT2D eigenvalue weighted by Gasteiger charge is -2.46. The zero-order chi connectivity index (χ0) is 32.3. The smallest absolute Gasteiger partial charge is 0.490 e. The fourth-order valence-electron chi connectivity index (χ4n) is 4.66. The number of likely N-dealkylation sites (N-methyl/N-ethyl adjacent to an activating group) is 1. The molecule has 240 valence electrons. The molecule has 0 unspecified atom stereocenters. The number of amides is 1. The van der Waals surface area contributed by atoms with Crippen LogP contribution >= 0.6 is 0 Å². The largest absolute Gasteiger partial charge is 0.493 e. The average Bonchev–Trinajstić information content (AvgIpc) is 2.91. The van der Waals surface area contributed by atoms with Gasteiger partial charge in [-0.2, -0.15) is 26.3 Å². The van der Waals surface area contributed by atoms with Gasteiger partial charge in [-0.15, -0.1) is 0 Å². The Morgan fingerprint density at radius 2 is 1.48 bits per heavy atom. The highest BCUT2D eigenvalue weighted by Gasteiger charge is 2.41. The molecule has 0 bridgehead atoms. The highest BCUT2D eigenvalue weighted by atomic mass is 19.4. The molecule has 3 rings (SSSR count). The van der Waals surface area contributed by atoms with Crippen molar-refractivity contribution in [1.82, 2.24) is 15.1 Å². The molecule has 1 aromatic rings. The lowest BCUT2D eigenvalue weighted by molar-refractivity contribution is -0.193. The van der Waals surface area contributed by atoms with Crippen LogP contribution in [-0.2, 0) is 15.0 Å². The third-order valence-corrected chi connectivity index (χ3v) is 7.23. The maximum atomic E-state index is 12.7. The first-order chi connectivity index (χ1) is 19.4. The number of carboxylic acid groups (broad SMARTS) is 2. The summed E-state index contributed by atoms with van der Waals surface area (Å²) in [6.07, 6.45) is -6.82. The summed E-state index contributed by atoms with van der Waals surface area (Å²) in [5.74, 6) is -4.51. The number of piperidine rings is 1. The normalized spacial score (nSPS) is 16.4. The fraction of sp³-hybridized carbons (Fsp3) is 0.667. The van der Waals surface area contributed by atoms with Gasteiger partial charge in [0.25, 0.3) is 5.91 Å². The number of likely N-dealkylation sites (tertiary alicyclic amines) is 1.